The molecule has 0 radical (unpaired) electrons. The average molecular weight is 247 g/mol. The van der Waals surface area contributed by atoms with Crippen LogP contribution in [0.5, 0.6) is 0 Å². The normalized spacial score (nSPS) is 20.7. The summed E-state index contributed by atoms with van der Waals surface area (Å²) in [6.07, 6.45) is 5.81. The molecule has 96 valence electrons. The topological polar surface area (TPSA) is 60.0 Å². The number of likely N-dealkylation sites (tertiary alicyclic amines) is 1. The Morgan fingerprint density at radius 3 is 3.06 bits per heavy atom. The highest BCUT2D eigenvalue weighted by atomic mass is 16.4. The van der Waals surface area contributed by atoms with Crippen molar-refractivity contribution in [1.29, 1.82) is 0 Å². The first-order valence-corrected chi connectivity index (χ1v) is 6.23. The molecule has 1 saturated heterocycles. The third-order valence-corrected chi connectivity index (χ3v) is 3.42. The molecule has 1 atom stereocenters. The molecule has 3 rings (SSSR count). The molecule has 0 spiro atoms. The molecule has 1 aliphatic rings. The summed E-state index contributed by atoms with van der Waals surface area (Å²) in [7, 11) is 1.99. The monoisotopic (exact) mass is 247 g/mol. The minimum atomic E-state index is 0.324. The molecule has 0 unspecified atom stereocenters. The summed E-state index contributed by atoms with van der Waals surface area (Å²) < 4.78 is 7.54. The van der Waals surface area contributed by atoms with E-state index >= 15 is 0 Å². The van der Waals surface area contributed by atoms with Gasteiger partial charge in [-0.05, 0) is 26.3 Å². The van der Waals surface area contributed by atoms with Crippen molar-refractivity contribution in [3.63, 3.8) is 0 Å². The Morgan fingerprint density at radius 2 is 2.39 bits per heavy atom. The van der Waals surface area contributed by atoms with E-state index in [-0.39, 0.29) is 0 Å². The van der Waals surface area contributed by atoms with Gasteiger partial charge in [0.15, 0.2) is 0 Å². The molecule has 18 heavy (non-hydrogen) atoms. The van der Waals surface area contributed by atoms with Crippen LogP contribution < -0.4 is 0 Å². The number of hydrogen-bond acceptors (Lipinski definition) is 5. The van der Waals surface area contributed by atoms with Crippen LogP contribution in [0.1, 0.15) is 36.4 Å². The highest BCUT2D eigenvalue weighted by molar-refractivity contribution is 5.00. The van der Waals surface area contributed by atoms with Gasteiger partial charge in [-0.15, -0.1) is 10.2 Å². The van der Waals surface area contributed by atoms with Gasteiger partial charge in [-0.2, -0.15) is 0 Å². The quantitative estimate of drug-likeness (QED) is 0.821. The maximum absolute atomic E-state index is 5.55. The molecule has 0 saturated carbocycles. The Morgan fingerprint density at radius 1 is 1.50 bits per heavy atom. The maximum Gasteiger partial charge on any atom is 0.208 e. The van der Waals surface area contributed by atoms with Crippen LogP contribution in [-0.2, 0) is 13.6 Å². The van der Waals surface area contributed by atoms with Gasteiger partial charge < -0.3 is 8.98 Å². The van der Waals surface area contributed by atoms with Crippen LogP contribution in [0.2, 0.25) is 0 Å². The van der Waals surface area contributed by atoms with E-state index in [0.29, 0.717) is 6.04 Å². The first kappa shape index (κ1) is 11.4. The van der Waals surface area contributed by atoms with Gasteiger partial charge in [0, 0.05) is 7.05 Å². The minimum Gasteiger partial charge on any atom is -0.445 e. The Balaban J connectivity index is 1.77. The Hall–Kier alpha value is -1.69. The van der Waals surface area contributed by atoms with Crippen molar-refractivity contribution >= 4 is 0 Å². The van der Waals surface area contributed by atoms with Crippen LogP contribution in [-0.4, -0.2) is 31.2 Å². The SMILES string of the molecule is Cc1cnc(CN2CCC[C@H]2c2nncn2C)o1. The molecular weight excluding hydrogens is 230 g/mol. The van der Waals surface area contributed by atoms with E-state index in [0.717, 1.165) is 37.0 Å². The molecule has 0 aliphatic carbocycles. The molecule has 2 aromatic rings. The smallest absolute Gasteiger partial charge is 0.208 e. The predicted octanol–water partition coefficient (Wildman–Crippen LogP) is 1.45. The van der Waals surface area contributed by atoms with Gasteiger partial charge in [0.25, 0.3) is 0 Å². The van der Waals surface area contributed by atoms with Crippen LogP contribution in [0.4, 0.5) is 0 Å². The number of oxazole rings is 1. The molecule has 0 bridgehead atoms. The number of aromatic nitrogens is 4. The van der Waals surface area contributed by atoms with Crippen molar-refractivity contribution in [2.45, 2.75) is 32.4 Å². The fourth-order valence-corrected chi connectivity index (χ4v) is 2.55. The summed E-state index contributed by atoms with van der Waals surface area (Å²) in [4.78, 5) is 6.62. The molecule has 6 heteroatoms. The van der Waals surface area contributed by atoms with E-state index in [1.54, 1.807) is 12.5 Å². The van der Waals surface area contributed by atoms with E-state index in [4.69, 9.17) is 4.42 Å². The summed E-state index contributed by atoms with van der Waals surface area (Å²) in [5.74, 6) is 2.66. The molecular formula is C12H17N5O. The highest BCUT2D eigenvalue weighted by Crippen LogP contribution is 2.31. The van der Waals surface area contributed by atoms with Gasteiger partial charge in [-0.3, -0.25) is 4.90 Å². The molecule has 0 amide bonds. The Kier molecular flexibility index (Phi) is 2.87. The zero-order chi connectivity index (χ0) is 12.5. The van der Waals surface area contributed by atoms with E-state index in [1.807, 2.05) is 18.5 Å². The maximum atomic E-state index is 5.55. The fraction of sp³-hybridized carbons (Fsp3) is 0.583. The zero-order valence-electron chi connectivity index (χ0n) is 10.7. The van der Waals surface area contributed by atoms with Crippen LogP contribution in [0.3, 0.4) is 0 Å². The molecule has 6 nitrogen and oxygen atoms in total. The van der Waals surface area contributed by atoms with Gasteiger partial charge in [0.2, 0.25) is 5.89 Å². The number of aryl methyl sites for hydroxylation is 2. The molecule has 1 fully saturated rings. The highest BCUT2D eigenvalue weighted by Gasteiger charge is 2.30. The van der Waals surface area contributed by atoms with Gasteiger partial charge in [-0.1, -0.05) is 0 Å². The summed E-state index contributed by atoms with van der Waals surface area (Å²) in [5.41, 5.74) is 0. The lowest BCUT2D eigenvalue weighted by molar-refractivity contribution is 0.212. The van der Waals surface area contributed by atoms with Crippen molar-refractivity contribution in [2.75, 3.05) is 6.54 Å². The second kappa shape index (κ2) is 4.53. The molecule has 3 heterocycles. The van der Waals surface area contributed by atoms with Crippen molar-refractivity contribution in [3.05, 3.63) is 30.0 Å². The third-order valence-electron chi connectivity index (χ3n) is 3.42. The number of hydrogen-bond donors (Lipinski definition) is 0. The molecule has 0 N–H and O–H groups in total. The van der Waals surface area contributed by atoms with Crippen LogP contribution in [0, 0.1) is 6.92 Å². The van der Waals surface area contributed by atoms with E-state index < -0.39 is 0 Å². The number of rotatable bonds is 3. The van der Waals surface area contributed by atoms with E-state index in [2.05, 4.69) is 20.1 Å². The fourth-order valence-electron chi connectivity index (χ4n) is 2.55. The lowest BCUT2D eigenvalue weighted by Gasteiger charge is -2.21. The standard InChI is InChI=1S/C12H17N5O/c1-9-6-13-11(18-9)7-17-5-3-4-10(17)12-15-14-8-16(12)2/h6,8,10H,3-5,7H2,1-2H3/t10-/m0/s1. The van der Waals surface area contributed by atoms with Crippen LogP contribution in [0.25, 0.3) is 0 Å². The van der Waals surface area contributed by atoms with Crippen LogP contribution in [0.15, 0.2) is 16.9 Å². The van der Waals surface area contributed by atoms with Gasteiger partial charge in [0.1, 0.15) is 17.9 Å². The largest absolute Gasteiger partial charge is 0.445 e. The summed E-state index contributed by atoms with van der Waals surface area (Å²) in [5, 5.41) is 8.17. The molecule has 0 aromatic carbocycles. The van der Waals surface area contributed by atoms with Gasteiger partial charge >= 0.3 is 0 Å². The second-order valence-electron chi connectivity index (χ2n) is 4.79. The molecule has 2 aromatic heterocycles. The van der Waals surface area contributed by atoms with Crippen molar-refractivity contribution in [2.24, 2.45) is 7.05 Å². The predicted molar refractivity (Wildman–Crippen MR) is 64.6 cm³/mol. The summed E-state index contributed by atoms with van der Waals surface area (Å²) >= 11 is 0. The Bertz CT molecular complexity index is 532. The lowest BCUT2D eigenvalue weighted by Crippen LogP contribution is -2.25. The minimum absolute atomic E-state index is 0.324. The van der Waals surface area contributed by atoms with Crippen LogP contribution >= 0.6 is 0 Å². The van der Waals surface area contributed by atoms with E-state index in [9.17, 15) is 0 Å². The lowest BCUT2D eigenvalue weighted by atomic mass is 10.2. The first-order chi connectivity index (χ1) is 8.74. The first-order valence-electron chi connectivity index (χ1n) is 6.23. The number of nitrogens with zero attached hydrogens (tertiary/aromatic N) is 5. The summed E-state index contributed by atoms with van der Waals surface area (Å²) in [6, 6.07) is 0.324. The summed E-state index contributed by atoms with van der Waals surface area (Å²) in [6.45, 7) is 3.71. The average Bonchev–Trinajstić information content (AvgIpc) is 3.02. The van der Waals surface area contributed by atoms with Gasteiger partial charge in [-0.25, -0.2) is 4.98 Å². The third kappa shape index (κ3) is 2.03. The van der Waals surface area contributed by atoms with Gasteiger partial charge in [0.05, 0.1) is 18.8 Å². The Labute approximate surface area is 106 Å². The zero-order valence-corrected chi connectivity index (χ0v) is 10.7. The van der Waals surface area contributed by atoms with E-state index in [1.165, 1.54) is 6.42 Å². The van der Waals surface area contributed by atoms with Crippen molar-refractivity contribution in [3.8, 4) is 0 Å². The molecule has 1 aliphatic heterocycles. The van der Waals surface area contributed by atoms with Crippen molar-refractivity contribution in [1.82, 2.24) is 24.6 Å². The van der Waals surface area contributed by atoms with Crippen molar-refractivity contribution < 1.29 is 4.42 Å². The second-order valence-corrected chi connectivity index (χ2v) is 4.79.